The Labute approximate surface area is 119 Å². The Hall–Kier alpha value is -0.250. The van der Waals surface area contributed by atoms with Gasteiger partial charge in [0.15, 0.2) is 0 Å². The summed E-state index contributed by atoms with van der Waals surface area (Å²) in [5, 5.41) is 0. The van der Waals surface area contributed by atoms with Crippen LogP contribution in [0.3, 0.4) is 0 Å². The van der Waals surface area contributed by atoms with Crippen LogP contribution < -0.4 is 4.74 Å². The predicted molar refractivity (Wildman–Crippen MR) is 83.2 cm³/mol. The van der Waals surface area contributed by atoms with Crippen LogP contribution in [-0.4, -0.2) is 9.02 Å². The van der Waals surface area contributed by atoms with Gasteiger partial charge < -0.3 is 4.74 Å². The van der Waals surface area contributed by atoms with Gasteiger partial charge in [-0.25, -0.2) is 0 Å². The normalized spacial score (nSPS) is 15.4. The molecule has 0 aliphatic carbocycles. The zero-order valence-electron chi connectivity index (χ0n) is 11.5. The molecule has 2 heteroatoms. The Morgan fingerprint density at radius 1 is 1.12 bits per heavy atom. The van der Waals surface area contributed by atoms with Crippen LogP contribution in [0.2, 0.25) is 0 Å². The molecule has 1 rings (SSSR count). The van der Waals surface area contributed by atoms with Crippen LogP contribution in [0, 0.1) is 6.92 Å². The van der Waals surface area contributed by atoms with Gasteiger partial charge in [-0.05, 0) is 39.3 Å². The number of hydrogen-bond acceptors (Lipinski definition) is 1. The first-order valence-electron chi connectivity index (χ1n) is 6.19. The summed E-state index contributed by atoms with van der Waals surface area (Å²) in [5.41, 5.74) is 1.14. The average Bonchev–Trinajstić information content (AvgIpc) is 2.20. The summed E-state index contributed by atoms with van der Waals surface area (Å²) in [6, 6.07) is 8.28. The van der Waals surface area contributed by atoms with Crippen molar-refractivity contribution in [2.24, 2.45) is 0 Å². The maximum absolute atomic E-state index is 6.09. The molecule has 1 aromatic rings. The molecule has 96 valence electrons. The first kappa shape index (κ1) is 14.8. The van der Waals surface area contributed by atoms with Crippen LogP contribution in [-0.2, 0) is 0 Å². The second-order valence-electron chi connectivity index (χ2n) is 5.62. The Kier molecular flexibility index (Phi) is 4.87. The molecule has 1 atom stereocenters. The Balaban J connectivity index is 2.69. The van der Waals surface area contributed by atoms with Gasteiger partial charge in [0.25, 0.3) is 0 Å². The van der Waals surface area contributed by atoms with Crippen molar-refractivity contribution in [3.8, 4) is 5.75 Å². The minimum absolute atomic E-state index is 0.124. The standard InChI is InChI=1S/C15H23IO/c1-6-15(5,16)11-14(3,4)17-13-9-7-12(2)8-10-13/h7-10H,6,11H2,1-5H3. The van der Waals surface area contributed by atoms with Gasteiger partial charge >= 0.3 is 0 Å². The molecule has 1 nitrogen and oxygen atoms in total. The molecule has 0 radical (unpaired) electrons. The monoisotopic (exact) mass is 346 g/mol. The maximum Gasteiger partial charge on any atom is 0.120 e. The summed E-state index contributed by atoms with van der Waals surface area (Å²) in [5.74, 6) is 0.962. The van der Waals surface area contributed by atoms with Gasteiger partial charge in [-0.2, -0.15) is 0 Å². The lowest BCUT2D eigenvalue weighted by Crippen LogP contribution is -2.35. The minimum atomic E-state index is -0.124. The second-order valence-corrected chi connectivity index (χ2v) is 8.22. The lowest BCUT2D eigenvalue weighted by atomic mass is 9.92. The van der Waals surface area contributed by atoms with Crippen LogP contribution in [0.5, 0.6) is 5.75 Å². The van der Waals surface area contributed by atoms with E-state index in [0.29, 0.717) is 3.42 Å². The zero-order valence-corrected chi connectivity index (χ0v) is 13.7. The number of halogens is 1. The van der Waals surface area contributed by atoms with Gasteiger partial charge in [0.2, 0.25) is 0 Å². The third kappa shape index (κ3) is 5.28. The van der Waals surface area contributed by atoms with E-state index in [2.05, 4.69) is 69.3 Å². The van der Waals surface area contributed by atoms with E-state index in [0.717, 1.165) is 18.6 Å². The van der Waals surface area contributed by atoms with Crippen molar-refractivity contribution in [2.45, 2.75) is 56.5 Å². The van der Waals surface area contributed by atoms with Gasteiger partial charge in [0.1, 0.15) is 11.4 Å². The number of rotatable bonds is 5. The Morgan fingerprint density at radius 3 is 2.12 bits per heavy atom. The van der Waals surface area contributed by atoms with Crippen molar-refractivity contribution in [3.05, 3.63) is 29.8 Å². The molecule has 0 aliphatic heterocycles. The molecule has 0 fully saturated rings. The molecule has 0 aliphatic rings. The molecule has 0 bridgehead atoms. The summed E-state index contributed by atoms with van der Waals surface area (Å²) in [6.45, 7) is 10.9. The highest BCUT2D eigenvalue weighted by Gasteiger charge is 2.30. The smallest absolute Gasteiger partial charge is 0.120 e. The second kappa shape index (κ2) is 5.59. The van der Waals surface area contributed by atoms with Gasteiger partial charge in [0.05, 0.1) is 0 Å². The number of aryl methyl sites for hydroxylation is 1. The predicted octanol–water partition coefficient (Wildman–Crippen LogP) is 5.15. The fourth-order valence-corrected chi connectivity index (χ4v) is 2.89. The van der Waals surface area contributed by atoms with E-state index in [-0.39, 0.29) is 5.60 Å². The van der Waals surface area contributed by atoms with Crippen LogP contribution >= 0.6 is 22.6 Å². The molecular formula is C15H23IO. The molecule has 1 unspecified atom stereocenters. The van der Waals surface area contributed by atoms with Gasteiger partial charge in [0, 0.05) is 9.84 Å². The Morgan fingerprint density at radius 2 is 1.65 bits per heavy atom. The summed E-state index contributed by atoms with van der Waals surface area (Å²) >= 11 is 2.53. The average molecular weight is 346 g/mol. The topological polar surface area (TPSA) is 9.23 Å². The minimum Gasteiger partial charge on any atom is -0.488 e. The number of hydrogen-bond donors (Lipinski definition) is 0. The molecule has 0 aromatic heterocycles. The lowest BCUT2D eigenvalue weighted by Gasteiger charge is -2.33. The maximum atomic E-state index is 6.09. The molecule has 0 saturated carbocycles. The van der Waals surface area contributed by atoms with Crippen LogP contribution in [0.15, 0.2) is 24.3 Å². The highest BCUT2D eigenvalue weighted by molar-refractivity contribution is 14.1. The summed E-state index contributed by atoms with van der Waals surface area (Å²) in [4.78, 5) is 0. The number of ether oxygens (including phenoxy) is 1. The van der Waals surface area contributed by atoms with Crippen molar-refractivity contribution in [1.29, 1.82) is 0 Å². The molecule has 1 aromatic carbocycles. The molecule has 0 spiro atoms. The van der Waals surface area contributed by atoms with E-state index in [9.17, 15) is 0 Å². The third-order valence-electron chi connectivity index (χ3n) is 2.95. The summed E-state index contributed by atoms with van der Waals surface area (Å²) < 4.78 is 6.39. The SMILES string of the molecule is CCC(C)(I)CC(C)(C)Oc1ccc(C)cc1. The van der Waals surface area contributed by atoms with Crippen molar-refractivity contribution in [3.63, 3.8) is 0 Å². The van der Waals surface area contributed by atoms with Crippen molar-refractivity contribution < 1.29 is 4.74 Å². The van der Waals surface area contributed by atoms with Crippen molar-refractivity contribution in [1.82, 2.24) is 0 Å². The fraction of sp³-hybridized carbons (Fsp3) is 0.600. The Bertz CT molecular complexity index is 352. The largest absolute Gasteiger partial charge is 0.488 e. The fourth-order valence-electron chi connectivity index (χ4n) is 1.97. The quantitative estimate of drug-likeness (QED) is 0.529. The van der Waals surface area contributed by atoms with E-state index in [4.69, 9.17) is 4.74 Å². The first-order chi connectivity index (χ1) is 7.74. The molecule has 17 heavy (non-hydrogen) atoms. The highest BCUT2D eigenvalue weighted by atomic mass is 127. The summed E-state index contributed by atoms with van der Waals surface area (Å²) in [7, 11) is 0. The molecule has 0 N–H and O–H groups in total. The molecular weight excluding hydrogens is 323 g/mol. The number of alkyl halides is 1. The van der Waals surface area contributed by atoms with Crippen molar-refractivity contribution in [2.75, 3.05) is 0 Å². The molecule has 0 saturated heterocycles. The van der Waals surface area contributed by atoms with E-state index in [1.54, 1.807) is 0 Å². The van der Waals surface area contributed by atoms with E-state index < -0.39 is 0 Å². The van der Waals surface area contributed by atoms with Crippen LogP contribution in [0.4, 0.5) is 0 Å². The van der Waals surface area contributed by atoms with Crippen LogP contribution in [0.1, 0.15) is 46.1 Å². The zero-order chi connectivity index (χ0) is 13.1. The van der Waals surface area contributed by atoms with E-state index in [1.807, 2.05) is 12.1 Å². The number of benzene rings is 1. The molecule has 0 amide bonds. The first-order valence-corrected chi connectivity index (χ1v) is 7.27. The van der Waals surface area contributed by atoms with Crippen LogP contribution in [0.25, 0.3) is 0 Å². The van der Waals surface area contributed by atoms with Gasteiger partial charge in [-0.15, -0.1) is 0 Å². The highest BCUT2D eigenvalue weighted by Crippen LogP contribution is 2.34. The lowest BCUT2D eigenvalue weighted by molar-refractivity contribution is 0.0901. The third-order valence-corrected chi connectivity index (χ3v) is 4.09. The van der Waals surface area contributed by atoms with Crippen molar-refractivity contribution >= 4 is 22.6 Å². The van der Waals surface area contributed by atoms with E-state index in [1.165, 1.54) is 5.56 Å². The summed E-state index contributed by atoms with van der Waals surface area (Å²) in [6.07, 6.45) is 2.21. The molecule has 0 heterocycles. The van der Waals surface area contributed by atoms with Gasteiger partial charge in [-0.1, -0.05) is 54.1 Å². The van der Waals surface area contributed by atoms with Gasteiger partial charge in [-0.3, -0.25) is 0 Å². The van der Waals surface area contributed by atoms with E-state index >= 15 is 0 Å².